The van der Waals surface area contributed by atoms with Crippen LogP contribution in [-0.2, 0) is 32.3 Å². The number of aliphatic hydroxyl groups is 1. The number of amides is 1. The Labute approximate surface area is 253 Å². The molecule has 2 heterocycles. The summed E-state index contributed by atoms with van der Waals surface area (Å²) in [5.74, 6) is -3.69. The predicted octanol–water partition coefficient (Wildman–Crippen LogP) is 1.08. The van der Waals surface area contributed by atoms with Gasteiger partial charge in [0.2, 0.25) is 5.91 Å². The standard InChI is InChI=1S/C24H30N4O3.C6H8O7/c1-30-20-5-4-6-21(15-20)31-14-13-26-9-11-27(12-10-26)16-19-17-28(18-24(25)29)23-8-3-2-7-22(19)23;7-3(8)1-6(13,5(11)12)2-4(9)10/h2-8,15,17H,9-14,16,18H2,1H3,(H2,25,29);13H,1-2H2,(H,7,8)(H,9,10)(H,11,12). The molecular weight excluding hydrogens is 576 g/mol. The number of aromatic nitrogens is 1. The number of benzene rings is 2. The molecule has 0 unspecified atom stereocenters. The number of piperazine rings is 1. The number of aliphatic carboxylic acids is 3. The molecule has 2 aromatic carbocycles. The third kappa shape index (κ3) is 9.97. The summed E-state index contributed by atoms with van der Waals surface area (Å²) >= 11 is 0. The van der Waals surface area contributed by atoms with Crippen molar-refractivity contribution >= 4 is 34.7 Å². The molecule has 1 fully saturated rings. The summed E-state index contributed by atoms with van der Waals surface area (Å²) in [6.45, 7) is 6.70. The van der Waals surface area contributed by atoms with Crippen molar-refractivity contribution in [2.75, 3.05) is 46.4 Å². The number of rotatable bonds is 14. The van der Waals surface area contributed by atoms with E-state index in [1.54, 1.807) is 7.11 Å². The van der Waals surface area contributed by atoms with Crippen molar-refractivity contribution in [3.8, 4) is 11.5 Å². The lowest BCUT2D eigenvalue weighted by molar-refractivity contribution is -0.170. The number of fused-ring (bicyclic) bond motifs is 1. The summed E-state index contributed by atoms with van der Waals surface area (Å²) in [6, 6.07) is 15.9. The third-order valence-electron chi connectivity index (χ3n) is 7.06. The van der Waals surface area contributed by atoms with Crippen molar-refractivity contribution in [1.82, 2.24) is 14.4 Å². The van der Waals surface area contributed by atoms with Crippen LogP contribution in [0.4, 0.5) is 0 Å². The highest BCUT2D eigenvalue weighted by Crippen LogP contribution is 2.23. The molecule has 1 aliphatic rings. The molecule has 14 nitrogen and oxygen atoms in total. The average molecular weight is 615 g/mol. The van der Waals surface area contributed by atoms with E-state index in [0.29, 0.717) is 6.61 Å². The summed E-state index contributed by atoms with van der Waals surface area (Å²) < 4.78 is 13.1. The molecule has 238 valence electrons. The molecule has 4 rings (SSSR count). The minimum absolute atomic E-state index is 0.210. The lowest BCUT2D eigenvalue weighted by Gasteiger charge is -2.34. The molecule has 1 amide bonds. The molecule has 1 saturated heterocycles. The summed E-state index contributed by atoms with van der Waals surface area (Å²) in [4.78, 5) is 46.8. The van der Waals surface area contributed by atoms with Gasteiger partial charge in [-0.1, -0.05) is 24.3 Å². The first kappa shape index (κ1) is 33.8. The minimum Gasteiger partial charge on any atom is -0.497 e. The van der Waals surface area contributed by atoms with Crippen molar-refractivity contribution in [1.29, 1.82) is 0 Å². The monoisotopic (exact) mass is 614 g/mol. The third-order valence-corrected chi connectivity index (χ3v) is 7.06. The van der Waals surface area contributed by atoms with E-state index in [2.05, 4.69) is 22.1 Å². The second-order valence-electron chi connectivity index (χ2n) is 10.4. The highest BCUT2D eigenvalue weighted by Gasteiger charge is 2.40. The van der Waals surface area contributed by atoms with Crippen LogP contribution in [0.2, 0.25) is 0 Å². The Kier molecular flexibility index (Phi) is 12.1. The van der Waals surface area contributed by atoms with E-state index >= 15 is 0 Å². The van der Waals surface area contributed by atoms with E-state index in [1.807, 2.05) is 47.0 Å². The summed E-state index contributed by atoms with van der Waals surface area (Å²) in [7, 11) is 1.66. The predicted molar refractivity (Wildman–Crippen MR) is 158 cm³/mol. The van der Waals surface area contributed by atoms with Gasteiger partial charge in [-0.3, -0.25) is 24.2 Å². The summed E-state index contributed by atoms with van der Waals surface area (Å²) in [5, 5.41) is 35.0. The Morgan fingerprint density at radius 1 is 0.886 bits per heavy atom. The van der Waals surface area contributed by atoms with E-state index in [-0.39, 0.29) is 12.5 Å². The van der Waals surface area contributed by atoms with Crippen LogP contribution in [0.25, 0.3) is 10.9 Å². The largest absolute Gasteiger partial charge is 0.497 e. The number of carboxylic acids is 3. The highest BCUT2D eigenvalue weighted by molar-refractivity contribution is 5.88. The molecule has 44 heavy (non-hydrogen) atoms. The zero-order valence-corrected chi connectivity index (χ0v) is 24.4. The second kappa shape index (κ2) is 15.7. The molecule has 0 spiro atoms. The molecule has 6 N–H and O–H groups in total. The fourth-order valence-corrected chi connectivity index (χ4v) is 4.86. The Bertz CT molecular complexity index is 1430. The molecule has 0 bridgehead atoms. The number of ether oxygens (including phenoxy) is 2. The first-order valence-electron chi connectivity index (χ1n) is 13.9. The number of hydrogen-bond donors (Lipinski definition) is 5. The van der Waals surface area contributed by atoms with Gasteiger partial charge < -0.3 is 40.2 Å². The Balaban J connectivity index is 0.000000345. The zero-order valence-electron chi connectivity index (χ0n) is 24.4. The van der Waals surface area contributed by atoms with Gasteiger partial charge in [0.1, 0.15) is 24.7 Å². The molecule has 0 radical (unpaired) electrons. The fourth-order valence-electron chi connectivity index (χ4n) is 4.86. The maximum Gasteiger partial charge on any atom is 0.336 e. The van der Waals surface area contributed by atoms with Crippen LogP contribution in [0.5, 0.6) is 11.5 Å². The van der Waals surface area contributed by atoms with Crippen LogP contribution in [0, 0.1) is 0 Å². The summed E-state index contributed by atoms with van der Waals surface area (Å²) in [5.41, 5.74) is 4.99. The average Bonchev–Trinajstić information content (AvgIpc) is 3.29. The van der Waals surface area contributed by atoms with Gasteiger partial charge in [-0.25, -0.2) is 4.79 Å². The van der Waals surface area contributed by atoms with Gasteiger partial charge in [0.15, 0.2) is 5.60 Å². The normalized spacial score (nSPS) is 14.0. The van der Waals surface area contributed by atoms with Crippen LogP contribution in [0.3, 0.4) is 0 Å². The van der Waals surface area contributed by atoms with Crippen molar-refractivity contribution in [3.05, 3.63) is 60.3 Å². The van der Waals surface area contributed by atoms with Gasteiger partial charge in [-0.15, -0.1) is 0 Å². The number of methoxy groups -OCH3 is 1. The number of nitrogens with two attached hydrogens (primary N) is 1. The van der Waals surface area contributed by atoms with Crippen molar-refractivity contribution in [2.45, 2.75) is 31.5 Å². The molecule has 0 atom stereocenters. The van der Waals surface area contributed by atoms with Crippen molar-refractivity contribution in [2.24, 2.45) is 5.73 Å². The van der Waals surface area contributed by atoms with Crippen LogP contribution >= 0.6 is 0 Å². The Morgan fingerprint density at radius 3 is 2.09 bits per heavy atom. The van der Waals surface area contributed by atoms with E-state index in [4.69, 9.17) is 35.6 Å². The number of para-hydroxylation sites is 1. The van der Waals surface area contributed by atoms with Crippen LogP contribution < -0.4 is 15.2 Å². The Morgan fingerprint density at radius 2 is 1.50 bits per heavy atom. The molecule has 0 saturated carbocycles. The molecule has 14 heteroatoms. The Hall–Kier alpha value is -4.66. The smallest absolute Gasteiger partial charge is 0.336 e. The maximum absolute atomic E-state index is 11.4. The van der Waals surface area contributed by atoms with Gasteiger partial charge in [0.05, 0.1) is 20.0 Å². The molecule has 1 aliphatic heterocycles. The quantitative estimate of drug-likeness (QED) is 0.173. The molecule has 1 aromatic heterocycles. The second-order valence-corrected chi connectivity index (χ2v) is 10.4. The first-order chi connectivity index (χ1) is 20.9. The van der Waals surface area contributed by atoms with Gasteiger partial charge >= 0.3 is 17.9 Å². The van der Waals surface area contributed by atoms with E-state index in [0.717, 1.165) is 56.3 Å². The van der Waals surface area contributed by atoms with Gasteiger partial charge in [0.25, 0.3) is 0 Å². The minimum atomic E-state index is -2.74. The molecular formula is C30H38N4O10. The highest BCUT2D eigenvalue weighted by atomic mass is 16.5. The maximum atomic E-state index is 11.4. The van der Waals surface area contributed by atoms with Crippen LogP contribution in [0.15, 0.2) is 54.7 Å². The van der Waals surface area contributed by atoms with Crippen molar-refractivity contribution < 1.29 is 49.1 Å². The SMILES string of the molecule is COc1cccc(OCCN2CCN(Cc3cn(CC(N)=O)c4ccccc34)CC2)c1.O=C(O)CC(O)(CC(=O)O)C(=O)O. The molecule has 3 aromatic rings. The topological polar surface area (TPSA) is 205 Å². The van der Waals surface area contributed by atoms with Crippen molar-refractivity contribution in [3.63, 3.8) is 0 Å². The lowest BCUT2D eigenvalue weighted by atomic mass is 9.96. The number of primary amides is 1. The number of carboxylic acid groups (broad SMARTS) is 3. The fraction of sp³-hybridized carbons (Fsp3) is 0.400. The zero-order chi connectivity index (χ0) is 32.3. The van der Waals surface area contributed by atoms with Crippen LogP contribution in [-0.4, -0.2) is 111 Å². The van der Waals surface area contributed by atoms with E-state index < -0.39 is 36.4 Å². The first-order valence-corrected chi connectivity index (χ1v) is 13.9. The summed E-state index contributed by atoms with van der Waals surface area (Å²) in [6.07, 6.45) is -0.215. The van der Waals surface area contributed by atoms with Gasteiger partial charge in [0, 0.05) is 62.4 Å². The van der Waals surface area contributed by atoms with E-state index in [9.17, 15) is 19.2 Å². The van der Waals surface area contributed by atoms with Gasteiger partial charge in [-0.2, -0.15) is 0 Å². The molecule has 0 aliphatic carbocycles. The number of carbonyl (C=O) groups is 4. The lowest BCUT2D eigenvalue weighted by Crippen LogP contribution is -2.47. The van der Waals surface area contributed by atoms with Crippen LogP contribution in [0.1, 0.15) is 18.4 Å². The number of hydrogen-bond acceptors (Lipinski definition) is 9. The van der Waals surface area contributed by atoms with E-state index in [1.165, 1.54) is 10.9 Å². The number of carbonyl (C=O) groups excluding carboxylic acids is 1. The van der Waals surface area contributed by atoms with Gasteiger partial charge in [-0.05, 0) is 23.8 Å². The number of nitrogens with zero attached hydrogens (tertiary/aromatic N) is 3.